The number of ether oxygens (including phenoxy) is 1. The summed E-state index contributed by atoms with van der Waals surface area (Å²) in [6.07, 6.45) is 3.06. The molecule has 0 bridgehead atoms. The van der Waals surface area contributed by atoms with Gasteiger partial charge in [-0.3, -0.25) is 29.1 Å². The summed E-state index contributed by atoms with van der Waals surface area (Å²) in [4.78, 5) is 53.4. The van der Waals surface area contributed by atoms with Gasteiger partial charge in [-0.2, -0.15) is 0 Å². The maximum Gasteiger partial charge on any atom is 0.308 e. The first-order valence-electron chi connectivity index (χ1n) is 10.6. The fourth-order valence-electron chi connectivity index (χ4n) is 4.72. The Morgan fingerprint density at radius 1 is 1.09 bits per heavy atom. The van der Waals surface area contributed by atoms with Crippen LogP contribution in [0.1, 0.15) is 35.6 Å². The molecule has 3 atom stereocenters. The van der Waals surface area contributed by atoms with E-state index in [1.165, 1.54) is 16.3 Å². The molecule has 168 valence electrons. The van der Waals surface area contributed by atoms with Gasteiger partial charge in [0, 0.05) is 23.9 Å². The van der Waals surface area contributed by atoms with Crippen LogP contribution in [0, 0.1) is 5.92 Å². The summed E-state index contributed by atoms with van der Waals surface area (Å²) < 4.78 is 6.73. The molecule has 1 aromatic carbocycles. The monoisotopic (exact) mass is 473 g/mol. The lowest BCUT2D eigenvalue weighted by molar-refractivity contribution is -0.133. The lowest BCUT2D eigenvalue weighted by Gasteiger charge is -2.31. The Hall–Kier alpha value is -2.59. The molecule has 4 heterocycles. The van der Waals surface area contributed by atoms with Gasteiger partial charge in [0.1, 0.15) is 17.5 Å². The van der Waals surface area contributed by atoms with E-state index in [0.29, 0.717) is 23.9 Å². The molecule has 1 N–H and O–H groups in total. The molecule has 1 aromatic heterocycles. The molecule has 3 amide bonds. The van der Waals surface area contributed by atoms with Crippen molar-refractivity contribution in [1.82, 2.24) is 14.8 Å². The number of thiazole rings is 1. The molecule has 0 spiro atoms. The summed E-state index contributed by atoms with van der Waals surface area (Å²) in [5.41, 5.74) is 0.836. The second-order valence-electron chi connectivity index (χ2n) is 8.23. The summed E-state index contributed by atoms with van der Waals surface area (Å²) in [6.45, 7) is 1.38. The molecular weight excluding hydrogens is 450 g/mol. The highest BCUT2D eigenvalue weighted by atomic mass is 32.2. The smallest absolute Gasteiger partial charge is 0.308 e. The van der Waals surface area contributed by atoms with Gasteiger partial charge in [-0.25, -0.2) is 0 Å². The number of fused-ring (bicyclic) bond motifs is 2. The third-order valence-corrected chi connectivity index (χ3v) is 8.98. The van der Waals surface area contributed by atoms with E-state index in [4.69, 9.17) is 4.74 Å². The SMILES string of the molecule is COc1ccc([C@@H]2c3sc(=O)n(CC(=O)N4CCCCC4)c3SC3C(=O)NC(=O)C32)cc1. The zero-order valence-corrected chi connectivity index (χ0v) is 19.2. The number of nitrogens with zero attached hydrogens (tertiary/aromatic N) is 2. The van der Waals surface area contributed by atoms with Crippen molar-refractivity contribution in [2.45, 2.75) is 42.0 Å². The van der Waals surface area contributed by atoms with Crippen LogP contribution in [-0.4, -0.2) is 52.6 Å². The highest BCUT2D eigenvalue weighted by molar-refractivity contribution is 8.00. The van der Waals surface area contributed by atoms with Crippen molar-refractivity contribution in [1.29, 1.82) is 0 Å². The molecular formula is C22H23N3O5S2. The van der Waals surface area contributed by atoms with Crippen LogP contribution in [0.2, 0.25) is 0 Å². The minimum absolute atomic E-state index is 0.0417. The number of imide groups is 1. The van der Waals surface area contributed by atoms with Gasteiger partial charge in [-0.05, 0) is 37.0 Å². The number of carbonyl (C=O) groups is 3. The normalized spacial score (nSPS) is 24.7. The Kier molecular flexibility index (Phi) is 5.58. The maximum absolute atomic E-state index is 13.0. The van der Waals surface area contributed by atoms with Crippen molar-refractivity contribution in [3.05, 3.63) is 44.4 Å². The largest absolute Gasteiger partial charge is 0.497 e. The average molecular weight is 474 g/mol. The zero-order chi connectivity index (χ0) is 22.4. The molecule has 3 aliphatic rings. The molecule has 5 rings (SSSR count). The van der Waals surface area contributed by atoms with Gasteiger partial charge in [0.05, 0.1) is 18.1 Å². The van der Waals surface area contributed by atoms with Crippen LogP contribution in [0.5, 0.6) is 5.75 Å². The lowest BCUT2D eigenvalue weighted by Crippen LogP contribution is -2.39. The van der Waals surface area contributed by atoms with Crippen molar-refractivity contribution in [2.75, 3.05) is 20.2 Å². The highest BCUT2D eigenvalue weighted by Crippen LogP contribution is 2.51. The van der Waals surface area contributed by atoms with E-state index in [1.54, 1.807) is 19.2 Å². The molecule has 2 saturated heterocycles. The Morgan fingerprint density at radius 2 is 1.81 bits per heavy atom. The number of thioether (sulfide) groups is 1. The predicted molar refractivity (Wildman–Crippen MR) is 120 cm³/mol. The second kappa shape index (κ2) is 8.40. The van der Waals surface area contributed by atoms with Crippen molar-refractivity contribution in [2.24, 2.45) is 5.92 Å². The van der Waals surface area contributed by atoms with Gasteiger partial charge in [0.2, 0.25) is 17.7 Å². The van der Waals surface area contributed by atoms with Crippen molar-refractivity contribution >= 4 is 40.8 Å². The zero-order valence-electron chi connectivity index (χ0n) is 17.5. The number of methoxy groups -OCH3 is 1. The van der Waals surface area contributed by atoms with Gasteiger partial charge >= 0.3 is 4.87 Å². The lowest BCUT2D eigenvalue weighted by atomic mass is 9.83. The Bertz CT molecular complexity index is 1130. The molecule has 3 aliphatic heterocycles. The Balaban J connectivity index is 1.56. The third-order valence-electron chi connectivity index (χ3n) is 6.36. The van der Waals surface area contributed by atoms with Crippen LogP contribution >= 0.6 is 23.1 Å². The molecule has 2 fully saturated rings. The fraction of sp³-hybridized carbons (Fsp3) is 0.455. The van der Waals surface area contributed by atoms with E-state index < -0.39 is 17.1 Å². The van der Waals surface area contributed by atoms with Crippen molar-refractivity contribution < 1.29 is 19.1 Å². The summed E-state index contributed by atoms with van der Waals surface area (Å²) in [6, 6.07) is 7.34. The molecule has 8 nitrogen and oxygen atoms in total. The molecule has 0 radical (unpaired) electrons. The van der Waals surface area contributed by atoms with E-state index in [2.05, 4.69) is 5.32 Å². The first-order valence-corrected chi connectivity index (χ1v) is 12.3. The predicted octanol–water partition coefficient (Wildman–Crippen LogP) is 1.81. The van der Waals surface area contributed by atoms with Crippen molar-refractivity contribution in [3.63, 3.8) is 0 Å². The van der Waals surface area contributed by atoms with Crippen molar-refractivity contribution in [3.8, 4) is 5.75 Å². The summed E-state index contributed by atoms with van der Waals surface area (Å²) in [7, 11) is 1.58. The first-order chi connectivity index (χ1) is 15.5. The van der Waals surface area contributed by atoms with E-state index in [9.17, 15) is 19.2 Å². The van der Waals surface area contributed by atoms with Crippen LogP contribution in [0.25, 0.3) is 0 Å². The number of amides is 3. The molecule has 2 aromatic rings. The second-order valence-corrected chi connectivity index (χ2v) is 10.4. The highest BCUT2D eigenvalue weighted by Gasteiger charge is 2.52. The number of rotatable bonds is 4. The minimum atomic E-state index is -0.632. The number of benzene rings is 1. The van der Waals surface area contributed by atoms with Gasteiger partial charge in [-0.15, -0.1) is 0 Å². The molecule has 0 saturated carbocycles. The number of likely N-dealkylation sites (tertiary alicyclic amines) is 1. The molecule has 10 heteroatoms. The molecule has 2 unspecified atom stereocenters. The number of hydrogen-bond acceptors (Lipinski definition) is 7. The van der Waals surface area contributed by atoms with Crippen LogP contribution in [0.4, 0.5) is 0 Å². The van der Waals surface area contributed by atoms with E-state index in [-0.39, 0.29) is 29.1 Å². The van der Waals surface area contributed by atoms with Crippen LogP contribution < -0.4 is 14.9 Å². The van der Waals surface area contributed by atoms with E-state index in [0.717, 1.165) is 41.0 Å². The van der Waals surface area contributed by atoms with Crippen LogP contribution in [0.3, 0.4) is 0 Å². The standard InChI is InChI=1S/C22H23N3O5S2/c1-30-13-7-5-12(6-8-13)15-16-17(20(28)23-19(16)27)31-21-18(15)32-22(29)25(21)11-14(26)24-9-3-2-4-10-24/h5-8,15-17H,2-4,9-11H2,1H3,(H,23,27,28)/t15-,16?,17?/m0/s1. The van der Waals surface area contributed by atoms with Crippen LogP contribution in [0.15, 0.2) is 34.1 Å². The first kappa shape index (κ1) is 21.3. The maximum atomic E-state index is 13.0. The van der Waals surface area contributed by atoms with Crippen LogP contribution in [-0.2, 0) is 20.9 Å². The molecule has 0 aliphatic carbocycles. The fourth-order valence-corrected chi connectivity index (χ4v) is 7.46. The van der Waals surface area contributed by atoms with Gasteiger partial charge in [-0.1, -0.05) is 35.2 Å². The quantitative estimate of drug-likeness (QED) is 0.681. The number of hydrogen-bond donors (Lipinski definition) is 1. The van der Waals surface area contributed by atoms with E-state index >= 15 is 0 Å². The summed E-state index contributed by atoms with van der Waals surface area (Å²) >= 11 is 2.29. The van der Waals surface area contributed by atoms with E-state index in [1.807, 2.05) is 17.0 Å². The third kappa shape index (κ3) is 3.55. The number of aromatic nitrogens is 1. The van der Waals surface area contributed by atoms with Gasteiger partial charge in [0.25, 0.3) is 0 Å². The van der Waals surface area contributed by atoms with Gasteiger partial charge in [0.15, 0.2) is 0 Å². The topological polar surface area (TPSA) is 97.7 Å². The Labute approximate surface area is 192 Å². The number of piperidine rings is 1. The average Bonchev–Trinajstić information content (AvgIpc) is 3.28. The number of nitrogens with one attached hydrogen (secondary N) is 1. The number of carbonyl (C=O) groups excluding carboxylic acids is 3. The summed E-state index contributed by atoms with van der Waals surface area (Å²) in [5, 5.41) is 2.44. The Morgan fingerprint density at radius 3 is 2.50 bits per heavy atom. The summed E-state index contributed by atoms with van der Waals surface area (Å²) in [5.74, 6) is -1.10. The molecule has 32 heavy (non-hydrogen) atoms. The van der Waals surface area contributed by atoms with Gasteiger partial charge < -0.3 is 9.64 Å². The minimum Gasteiger partial charge on any atom is -0.497 e.